The Morgan fingerprint density at radius 3 is 2.94 bits per heavy atom. The summed E-state index contributed by atoms with van der Waals surface area (Å²) in [5.74, 6) is 0.548. The highest BCUT2D eigenvalue weighted by Gasteiger charge is 2.19. The van der Waals surface area contributed by atoms with Gasteiger partial charge < -0.3 is 15.0 Å². The second-order valence-corrected chi connectivity index (χ2v) is 4.47. The van der Waals surface area contributed by atoms with Crippen molar-refractivity contribution in [3.8, 4) is 11.3 Å². The van der Waals surface area contributed by atoms with Crippen molar-refractivity contribution in [2.75, 3.05) is 18.9 Å². The lowest BCUT2D eigenvalue weighted by molar-refractivity contribution is 0.0699. The van der Waals surface area contributed by atoms with Gasteiger partial charge in [-0.25, -0.2) is 9.97 Å². The molecule has 0 atom stereocenters. The van der Waals surface area contributed by atoms with Crippen molar-refractivity contribution in [3.63, 3.8) is 0 Å². The Labute approximate surface area is 106 Å². The van der Waals surface area contributed by atoms with Gasteiger partial charge in [0.05, 0.1) is 18.2 Å². The topological polar surface area (TPSA) is 66.0 Å². The number of nitrogens with two attached hydrogens (primary N) is 1. The zero-order chi connectivity index (χ0) is 12.4. The van der Waals surface area contributed by atoms with Crippen LogP contribution in [0.25, 0.3) is 11.3 Å². The predicted octanol–water partition coefficient (Wildman–Crippen LogP) is 1.88. The number of anilines is 1. The number of hydrogen-bond donors (Lipinski definition) is 1. The quantitative estimate of drug-likeness (QED) is 0.876. The van der Waals surface area contributed by atoms with Crippen molar-refractivity contribution < 1.29 is 4.74 Å². The van der Waals surface area contributed by atoms with Gasteiger partial charge in [0.2, 0.25) is 0 Å². The molecule has 0 radical (unpaired) electrons. The summed E-state index contributed by atoms with van der Waals surface area (Å²) in [4.78, 5) is 8.39. The fraction of sp³-hybridized carbons (Fsp3) is 0.385. The Morgan fingerprint density at radius 1 is 1.33 bits per heavy atom. The summed E-state index contributed by atoms with van der Waals surface area (Å²) in [5, 5.41) is 0. The van der Waals surface area contributed by atoms with Crippen molar-refractivity contribution in [1.29, 1.82) is 0 Å². The number of aromatic nitrogens is 3. The molecule has 18 heavy (non-hydrogen) atoms. The van der Waals surface area contributed by atoms with E-state index in [-0.39, 0.29) is 0 Å². The number of nitrogens with zero attached hydrogens (tertiary/aromatic N) is 3. The molecule has 2 aromatic heterocycles. The molecular weight excluding hydrogens is 228 g/mol. The maximum Gasteiger partial charge on any atom is 0.132 e. The fourth-order valence-corrected chi connectivity index (χ4v) is 2.40. The van der Waals surface area contributed by atoms with Crippen LogP contribution in [0, 0.1) is 0 Å². The smallest absolute Gasteiger partial charge is 0.132 e. The normalized spacial score (nSPS) is 16.9. The summed E-state index contributed by atoms with van der Waals surface area (Å²) >= 11 is 0. The van der Waals surface area contributed by atoms with E-state index in [1.165, 1.54) is 0 Å². The van der Waals surface area contributed by atoms with Crippen LogP contribution < -0.4 is 5.73 Å². The lowest BCUT2D eigenvalue weighted by Crippen LogP contribution is -2.19. The number of nitrogen functional groups attached to an aromatic ring is 1. The molecule has 1 fully saturated rings. The molecule has 0 unspecified atom stereocenters. The van der Waals surface area contributed by atoms with Crippen molar-refractivity contribution in [3.05, 3.63) is 30.9 Å². The largest absolute Gasteiger partial charge is 0.383 e. The molecule has 5 heteroatoms. The second-order valence-electron chi connectivity index (χ2n) is 4.47. The van der Waals surface area contributed by atoms with Crippen LogP contribution in [0.4, 0.5) is 5.82 Å². The molecule has 2 aromatic rings. The molecule has 1 aliphatic heterocycles. The van der Waals surface area contributed by atoms with Gasteiger partial charge in [-0.2, -0.15) is 0 Å². The van der Waals surface area contributed by atoms with Crippen molar-refractivity contribution in [2.45, 2.75) is 18.9 Å². The van der Waals surface area contributed by atoms with Gasteiger partial charge in [0, 0.05) is 31.0 Å². The maximum atomic E-state index is 5.93. The van der Waals surface area contributed by atoms with Crippen LogP contribution >= 0.6 is 0 Å². The molecule has 0 amide bonds. The Kier molecular flexibility index (Phi) is 2.98. The first kappa shape index (κ1) is 11.2. The van der Waals surface area contributed by atoms with Gasteiger partial charge >= 0.3 is 0 Å². The third kappa shape index (κ3) is 1.97. The Morgan fingerprint density at radius 2 is 2.17 bits per heavy atom. The van der Waals surface area contributed by atoms with E-state index in [4.69, 9.17) is 10.5 Å². The summed E-state index contributed by atoms with van der Waals surface area (Å²) in [7, 11) is 0. The third-order valence-corrected chi connectivity index (χ3v) is 3.36. The van der Waals surface area contributed by atoms with Gasteiger partial charge in [-0.15, -0.1) is 0 Å². The zero-order valence-corrected chi connectivity index (χ0v) is 10.1. The van der Waals surface area contributed by atoms with E-state index >= 15 is 0 Å². The molecule has 0 saturated carbocycles. The summed E-state index contributed by atoms with van der Waals surface area (Å²) in [6.07, 6.45) is 7.46. The summed E-state index contributed by atoms with van der Waals surface area (Å²) < 4.78 is 7.59. The SMILES string of the molecule is Nc1ncccc1-c1cncn1C1CCOCC1. The van der Waals surface area contributed by atoms with Crippen LogP contribution in [0.15, 0.2) is 30.9 Å². The van der Waals surface area contributed by atoms with Gasteiger partial charge in [-0.3, -0.25) is 0 Å². The average molecular weight is 244 g/mol. The highest BCUT2D eigenvalue weighted by molar-refractivity contribution is 5.70. The van der Waals surface area contributed by atoms with E-state index in [9.17, 15) is 0 Å². The minimum absolute atomic E-state index is 0.441. The lowest BCUT2D eigenvalue weighted by atomic mass is 10.1. The minimum Gasteiger partial charge on any atom is -0.383 e. The third-order valence-electron chi connectivity index (χ3n) is 3.36. The van der Waals surface area contributed by atoms with Crippen LogP contribution in [0.1, 0.15) is 18.9 Å². The minimum atomic E-state index is 0.441. The molecule has 1 aliphatic rings. The average Bonchev–Trinajstić information content (AvgIpc) is 2.89. The standard InChI is InChI=1S/C13H16N4O/c14-13-11(2-1-5-16-13)12-8-15-9-17(12)10-3-6-18-7-4-10/h1-2,5,8-10H,3-4,6-7H2,(H2,14,16). The highest BCUT2D eigenvalue weighted by atomic mass is 16.5. The van der Waals surface area contributed by atoms with E-state index < -0.39 is 0 Å². The van der Waals surface area contributed by atoms with Crippen LogP contribution in [0.3, 0.4) is 0 Å². The molecule has 94 valence electrons. The fourth-order valence-electron chi connectivity index (χ4n) is 2.40. The van der Waals surface area contributed by atoms with Gasteiger partial charge in [-0.05, 0) is 25.0 Å². The zero-order valence-electron chi connectivity index (χ0n) is 10.1. The predicted molar refractivity (Wildman–Crippen MR) is 69.0 cm³/mol. The van der Waals surface area contributed by atoms with Crippen LogP contribution in [-0.4, -0.2) is 27.7 Å². The molecule has 0 aromatic carbocycles. The molecule has 0 spiro atoms. The molecule has 0 bridgehead atoms. The molecule has 3 rings (SSSR count). The van der Waals surface area contributed by atoms with Crippen LogP contribution in [-0.2, 0) is 4.74 Å². The van der Waals surface area contributed by atoms with Crippen LogP contribution in [0.2, 0.25) is 0 Å². The Balaban J connectivity index is 1.98. The molecule has 1 saturated heterocycles. The molecular formula is C13H16N4O. The Bertz CT molecular complexity index is 531. The lowest BCUT2D eigenvalue weighted by Gasteiger charge is -2.25. The van der Waals surface area contributed by atoms with Gasteiger partial charge in [0.15, 0.2) is 0 Å². The van der Waals surface area contributed by atoms with E-state index in [0.717, 1.165) is 37.3 Å². The number of imidazole rings is 1. The molecule has 0 aliphatic carbocycles. The monoisotopic (exact) mass is 244 g/mol. The van der Waals surface area contributed by atoms with Crippen LogP contribution in [0.5, 0.6) is 0 Å². The summed E-state index contributed by atoms with van der Waals surface area (Å²) in [6, 6.07) is 4.32. The summed E-state index contributed by atoms with van der Waals surface area (Å²) in [6.45, 7) is 1.62. The Hall–Kier alpha value is -1.88. The summed E-state index contributed by atoms with van der Waals surface area (Å²) in [5.41, 5.74) is 7.91. The van der Waals surface area contributed by atoms with Crippen molar-refractivity contribution in [1.82, 2.24) is 14.5 Å². The first-order chi connectivity index (χ1) is 8.86. The van der Waals surface area contributed by atoms with E-state index in [1.54, 1.807) is 6.20 Å². The van der Waals surface area contributed by atoms with Gasteiger partial charge in [-0.1, -0.05) is 0 Å². The second kappa shape index (κ2) is 4.78. The number of rotatable bonds is 2. The number of hydrogen-bond acceptors (Lipinski definition) is 4. The number of ether oxygens (including phenoxy) is 1. The van der Waals surface area contributed by atoms with E-state index in [1.807, 2.05) is 24.7 Å². The van der Waals surface area contributed by atoms with Gasteiger partial charge in [0.1, 0.15) is 5.82 Å². The van der Waals surface area contributed by atoms with Crippen molar-refractivity contribution >= 4 is 5.82 Å². The first-order valence-corrected chi connectivity index (χ1v) is 6.16. The molecule has 2 N–H and O–H groups in total. The van der Waals surface area contributed by atoms with E-state index in [0.29, 0.717) is 11.9 Å². The highest BCUT2D eigenvalue weighted by Crippen LogP contribution is 2.29. The first-order valence-electron chi connectivity index (χ1n) is 6.16. The van der Waals surface area contributed by atoms with Gasteiger partial charge in [0.25, 0.3) is 0 Å². The van der Waals surface area contributed by atoms with E-state index in [2.05, 4.69) is 14.5 Å². The van der Waals surface area contributed by atoms with Crippen molar-refractivity contribution in [2.24, 2.45) is 0 Å². The maximum absolute atomic E-state index is 5.93. The molecule has 3 heterocycles. The molecule has 5 nitrogen and oxygen atoms in total. The number of pyridine rings is 1.